The first-order chi connectivity index (χ1) is 10.7. The second-order valence-electron chi connectivity index (χ2n) is 5.84. The molecule has 6 nitrogen and oxygen atoms in total. The van der Waals surface area contributed by atoms with E-state index in [1.165, 1.54) is 0 Å². The number of hydrogen-bond donors (Lipinski definition) is 2. The van der Waals surface area contributed by atoms with Crippen LogP contribution >= 0.6 is 11.6 Å². The van der Waals surface area contributed by atoms with Crippen molar-refractivity contribution in [1.82, 2.24) is 10.2 Å². The fourth-order valence-corrected chi connectivity index (χ4v) is 3.54. The minimum atomic E-state index is -0.212. The molecule has 3 heterocycles. The zero-order valence-electron chi connectivity index (χ0n) is 12.3. The third-order valence-electron chi connectivity index (χ3n) is 4.51. The first-order valence-corrected chi connectivity index (χ1v) is 7.83. The normalized spacial score (nSPS) is 29.5. The van der Waals surface area contributed by atoms with E-state index in [-0.39, 0.29) is 12.1 Å². The molecular weight excluding hydrogens is 302 g/mol. The minimum Gasteiger partial charge on any atom is -0.479 e. The predicted octanol–water partition coefficient (Wildman–Crippen LogP) is 1.16. The third kappa shape index (κ3) is 2.14. The van der Waals surface area contributed by atoms with Crippen molar-refractivity contribution in [3.05, 3.63) is 28.8 Å². The highest BCUT2D eigenvalue weighted by Gasteiger charge is 2.43. The van der Waals surface area contributed by atoms with Gasteiger partial charge in [0.2, 0.25) is 5.96 Å². The molecule has 0 spiro atoms. The lowest BCUT2D eigenvalue weighted by atomic mass is 10.0. The zero-order valence-corrected chi connectivity index (χ0v) is 13.0. The van der Waals surface area contributed by atoms with E-state index >= 15 is 0 Å². The van der Waals surface area contributed by atoms with Gasteiger partial charge in [0.1, 0.15) is 11.8 Å². The Hall–Kier alpha value is -1.79. The Morgan fingerprint density at radius 1 is 1.45 bits per heavy atom. The Kier molecular flexibility index (Phi) is 3.23. The molecule has 0 aromatic heterocycles. The Morgan fingerprint density at radius 3 is 3.09 bits per heavy atom. The molecule has 1 saturated heterocycles. The zero-order chi connectivity index (χ0) is 15.3. The lowest BCUT2D eigenvalue weighted by Gasteiger charge is -2.29. The van der Waals surface area contributed by atoms with Crippen LogP contribution in [0.15, 0.2) is 28.2 Å². The third-order valence-corrected chi connectivity index (χ3v) is 4.74. The fourth-order valence-electron chi connectivity index (χ4n) is 3.36. The summed E-state index contributed by atoms with van der Waals surface area (Å²) < 4.78 is 6.09. The smallest absolute Gasteiger partial charge is 0.217 e. The number of rotatable bonds is 1. The Morgan fingerprint density at radius 2 is 2.32 bits per heavy atom. The van der Waals surface area contributed by atoms with Crippen LogP contribution in [0.3, 0.4) is 0 Å². The number of guanidine groups is 1. The van der Waals surface area contributed by atoms with Gasteiger partial charge in [0, 0.05) is 29.7 Å². The molecule has 3 aliphatic rings. The minimum absolute atomic E-state index is 0.158. The number of likely N-dealkylation sites (tertiary alicyclic amines) is 1. The van der Waals surface area contributed by atoms with Gasteiger partial charge in [-0.25, -0.2) is 4.99 Å². The molecule has 0 amide bonds. The Balaban J connectivity index is 1.67. The van der Waals surface area contributed by atoms with Gasteiger partial charge >= 0.3 is 0 Å². The monoisotopic (exact) mass is 319 g/mol. The number of nitrogens with two attached hydrogens (primary N) is 1. The standard InChI is InChI=1S/C15H18ClN5O/c1-18-9-4-5-21(7-9)14-13-12(19-15(17)20-14)10-6-8(16)2-3-11(10)22-13/h2-3,6,9,12-13,18H,4-5,7H2,1H3,(H2,17,19)/t9-,12?,13?/m1/s1. The van der Waals surface area contributed by atoms with Gasteiger partial charge in [0.25, 0.3) is 0 Å². The number of ether oxygens (including phenoxy) is 1. The highest BCUT2D eigenvalue weighted by molar-refractivity contribution is 6.30. The maximum atomic E-state index is 6.11. The molecule has 0 aliphatic carbocycles. The van der Waals surface area contributed by atoms with Crippen LogP contribution in [-0.2, 0) is 0 Å². The van der Waals surface area contributed by atoms with E-state index in [1.807, 2.05) is 25.2 Å². The van der Waals surface area contributed by atoms with Gasteiger partial charge in [0.15, 0.2) is 11.9 Å². The molecule has 0 radical (unpaired) electrons. The number of aliphatic imine (C=N–C) groups is 2. The van der Waals surface area contributed by atoms with Gasteiger partial charge < -0.3 is 20.7 Å². The van der Waals surface area contributed by atoms with Crippen LogP contribution in [0.5, 0.6) is 5.75 Å². The van der Waals surface area contributed by atoms with Crippen LogP contribution in [0, 0.1) is 0 Å². The van der Waals surface area contributed by atoms with E-state index < -0.39 is 0 Å². The van der Waals surface area contributed by atoms with Crippen LogP contribution < -0.4 is 15.8 Å². The molecule has 4 rings (SSSR count). The predicted molar refractivity (Wildman–Crippen MR) is 86.7 cm³/mol. The summed E-state index contributed by atoms with van der Waals surface area (Å²) in [7, 11) is 1.99. The van der Waals surface area contributed by atoms with Crippen molar-refractivity contribution < 1.29 is 4.74 Å². The number of hydrogen-bond acceptors (Lipinski definition) is 6. The first-order valence-electron chi connectivity index (χ1n) is 7.46. The van der Waals surface area contributed by atoms with E-state index in [0.717, 1.165) is 36.7 Å². The maximum Gasteiger partial charge on any atom is 0.217 e. The molecule has 0 bridgehead atoms. The summed E-state index contributed by atoms with van der Waals surface area (Å²) in [5.41, 5.74) is 6.93. The molecule has 7 heteroatoms. The van der Waals surface area contributed by atoms with Gasteiger partial charge in [-0.2, -0.15) is 4.99 Å². The van der Waals surface area contributed by atoms with Crippen molar-refractivity contribution >= 4 is 23.4 Å². The molecule has 3 atom stereocenters. The number of halogens is 1. The number of nitrogens with one attached hydrogen (secondary N) is 1. The van der Waals surface area contributed by atoms with Gasteiger partial charge in [-0.3, -0.25) is 0 Å². The van der Waals surface area contributed by atoms with Crippen molar-refractivity contribution in [3.63, 3.8) is 0 Å². The summed E-state index contributed by atoms with van der Waals surface area (Å²) in [5.74, 6) is 2.00. The molecular formula is C15H18ClN5O. The summed E-state index contributed by atoms with van der Waals surface area (Å²) in [5, 5.41) is 3.99. The summed E-state index contributed by atoms with van der Waals surface area (Å²) in [6, 6.07) is 5.94. The lowest BCUT2D eigenvalue weighted by molar-refractivity contribution is 0.252. The molecule has 1 aromatic rings. The van der Waals surface area contributed by atoms with E-state index in [0.29, 0.717) is 17.0 Å². The molecule has 3 N–H and O–H groups in total. The average Bonchev–Trinajstić information content (AvgIpc) is 3.11. The van der Waals surface area contributed by atoms with Crippen LogP contribution in [0.25, 0.3) is 0 Å². The molecule has 2 unspecified atom stereocenters. The van der Waals surface area contributed by atoms with Crippen LogP contribution in [0.4, 0.5) is 0 Å². The largest absolute Gasteiger partial charge is 0.479 e. The summed E-state index contributed by atoms with van der Waals surface area (Å²) in [4.78, 5) is 11.2. The van der Waals surface area contributed by atoms with E-state index in [4.69, 9.17) is 22.1 Å². The van der Waals surface area contributed by atoms with Gasteiger partial charge in [-0.1, -0.05) is 11.6 Å². The van der Waals surface area contributed by atoms with Crippen LogP contribution in [0.2, 0.25) is 5.02 Å². The fraction of sp³-hybridized carbons (Fsp3) is 0.467. The number of benzene rings is 1. The van der Waals surface area contributed by atoms with Crippen LogP contribution in [0.1, 0.15) is 18.0 Å². The molecule has 22 heavy (non-hydrogen) atoms. The summed E-state index contributed by atoms with van der Waals surface area (Å²) >= 11 is 6.11. The highest BCUT2D eigenvalue weighted by Crippen LogP contribution is 2.42. The van der Waals surface area contributed by atoms with E-state index in [2.05, 4.69) is 20.2 Å². The number of likely N-dealkylation sites (N-methyl/N-ethyl adjacent to an activating group) is 1. The Bertz CT molecular complexity index is 674. The number of amidine groups is 1. The van der Waals surface area contributed by atoms with Crippen molar-refractivity contribution in [2.45, 2.75) is 24.6 Å². The Labute approximate surface area is 134 Å². The van der Waals surface area contributed by atoms with Gasteiger partial charge in [-0.05, 0) is 31.7 Å². The van der Waals surface area contributed by atoms with Crippen molar-refractivity contribution in [3.8, 4) is 5.75 Å². The number of nitrogens with zero attached hydrogens (tertiary/aromatic N) is 3. The van der Waals surface area contributed by atoms with Gasteiger partial charge in [-0.15, -0.1) is 0 Å². The summed E-state index contributed by atoms with van der Waals surface area (Å²) in [6.45, 7) is 1.85. The average molecular weight is 320 g/mol. The second-order valence-corrected chi connectivity index (χ2v) is 6.28. The topological polar surface area (TPSA) is 75.2 Å². The van der Waals surface area contributed by atoms with Crippen LogP contribution in [-0.4, -0.2) is 49.0 Å². The summed E-state index contributed by atoms with van der Waals surface area (Å²) in [6.07, 6.45) is 0.874. The quantitative estimate of drug-likeness (QED) is 0.814. The van der Waals surface area contributed by atoms with Gasteiger partial charge in [0.05, 0.1) is 0 Å². The van der Waals surface area contributed by atoms with Crippen molar-refractivity contribution in [1.29, 1.82) is 0 Å². The molecule has 116 valence electrons. The van der Waals surface area contributed by atoms with E-state index in [1.54, 1.807) is 0 Å². The second kappa shape index (κ2) is 5.14. The van der Waals surface area contributed by atoms with Crippen molar-refractivity contribution in [2.24, 2.45) is 15.7 Å². The highest BCUT2D eigenvalue weighted by atomic mass is 35.5. The lowest BCUT2D eigenvalue weighted by Crippen LogP contribution is -2.46. The molecule has 0 saturated carbocycles. The maximum absolute atomic E-state index is 6.11. The molecule has 3 aliphatic heterocycles. The number of fused-ring (bicyclic) bond motifs is 3. The SMILES string of the molecule is CN[C@@H]1CCN(C2=NC(N)=NC3c4cc(Cl)ccc4OC23)C1. The first kappa shape index (κ1) is 13.8. The molecule has 1 aromatic carbocycles. The molecule has 1 fully saturated rings. The van der Waals surface area contributed by atoms with Crippen molar-refractivity contribution in [2.75, 3.05) is 20.1 Å². The van der Waals surface area contributed by atoms with E-state index in [9.17, 15) is 0 Å².